The molecule has 1 aliphatic rings. The van der Waals surface area contributed by atoms with Gasteiger partial charge in [-0.3, -0.25) is 0 Å². The Morgan fingerprint density at radius 3 is 2.81 bits per heavy atom. The van der Waals surface area contributed by atoms with Crippen LogP contribution in [-0.4, -0.2) is 55.4 Å². The zero-order valence-corrected chi connectivity index (χ0v) is 17.5. The highest BCUT2D eigenvalue weighted by Gasteiger charge is 2.23. The van der Waals surface area contributed by atoms with Crippen LogP contribution in [0.2, 0.25) is 0 Å². The zero-order chi connectivity index (χ0) is 22.2. The molecule has 2 aromatic carbocycles. The van der Waals surface area contributed by atoms with Crippen molar-refractivity contribution in [2.45, 2.75) is 19.5 Å². The highest BCUT2D eigenvalue weighted by molar-refractivity contribution is 6.61. The number of anilines is 1. The molecule has 8 nitrogen and oxygen atoms in total. The van der Waals surface area contributed by atoms with E-state index >= 15 is 0 Å². The molecule has 0 amide bonds. The standard InChI is InChI=1S/C22H22BFN6O2/c1-29-9-8-19-17(13-29)21(25-11-14-4-2-5-15(24)10-14)28-22(27-19)30-20-7-3-6-18(23(31)32)16(20)12-26-30/h2-7,10,12,31-32H,8-9,11,13H2,1H3,(H,25,27,28). The van der Waals surface area contributed by atoms with Gasteiger partial charge in [0.05, 0.1) is 17.4 Å². The normalized spacial score (nSPS) is 13.9. The molecular weight excluding hydrogens is 410 g/mol. The fraction of sp³-hybridized carbons (Fsp3) is 0.227. The van der Waals surface area contributed by atoms with E-state index in [0.717, 1.165) is 29.8 Å². The van der Waals surface area contributed by atoms with Gasteiger partial charge in [0, 0.05) is 37.0 Å². The summed E-state index contributed by atoms with van der Waals surface area (Å²) in [6.45, 7) is 2.01. The van der Waals surface area contributed by atoms with Gasteiger partial charge in [0.15, 0.2) is 0 Å². The van der Waals surface area contributed by atoms with Crippen molar-refractivity contribution >= 4 is 29.3 Å². The van der Waals surface area contributed by atoms with Crippen molar-refractivity contribution in [3.05, 3.63) is 71.3 Å². The molecule has 0 saturated heterocycles. The van der Waals surface area contributed by atoms with Gasteiger partial charge in [-0.25, -0.2) is 9.37 Å². The topological polar surface area (TPSA) is 99.3 Å². The Balaban J connectivity index is 1.57. The molecule has 0 radical (unpaired) electrons. The molecule has 162 valence electrons. The van der Waals surface area contributed by atoms with Crippen molar-refractivity contribution in [1.82, 2.24) is 24.6 Å². The van der Waals surface area contributed by atoms with Gasteiger partial charge in [-0.05, 0) is 36.3 Å². The minimum Gasteiger partial charge on any atom is -0.423 e. The quantitative estimate of drug-likeness (QED) is 0.408. The van der Waals surface area contributed by atoms with E-state index in [1.54, 1.807) is 29.1 Å². The Morgan fingerprint density at radius 2 is 2.00 bits per heavy atom. The highest BCUT2D eigenvalue weighted by Crippen LogP contribution is 2.26. The summed E-state index contributed by atoms with van der Waals surface area (Å²) in [6, 6.07) is 11.7. The number of hydrogen-bond donors (Lipinski definition) is 3. The lowest BCUT2D eigenvalue weighted by molar-refractivity contribution is 0.309. The molecule has 3 heterocycles. The van der Waals surface area contributed by atoms with Gasteiger partial charge in [0.1, 0.15) is 11.6 Å². The first-order valence-electron chi connectivity index (χ1n) is 10.4. The van der Waals surface area contributed by atoms with Gasteiger partial charge in [-0.2, -0.15) is 14.8 Å². The number of benzene rings is 2. The molecule has 32 heavy (non-hydrogen) atoms. The predicted octanol–water partition coefficient (Wildman–Crippen LogP) is 1.23. The smallest absolute Gasteiger partial charge is 0.423 e. The molecule has 0 spiro atoms. The van der Waals surface area contributed by atoms with Crippen LogP contribution < -0.4 is 10.8 Å². The number of halogens is 1. The van der Waals surface area contributed by atoms with Gasteiger partial charge in [-0.15, -0.1) is 0 Å². The second-order valence-corrected chi connectivity index (χ2v) is 7.98. The third-order valence-corrected chi connectivity index (χ3v) is 5.70. The van der Waals surface area contributed by atoms with Crippen LogP contribution in [0.15, 0.2) is 48.7 Å². The number of nitrogens with one attached hydrogen (secondary N) is 1. The van der Waals surface area contributed by atoms with E-state index in [2.05, 4.69) is 22.4 Å². The monoisotopic (exact) mass is 432 g/mol. The van der Waals surface area contributed by atoms with Gasteiger partial charge in [0.25, 0.3) is 5.95 Å². The number of likely N-dealkylation sites (N-methyl/N-ethyl adjacent to an activating group) is 1. The van der Waals surface area contributed by atoms with Crippen LogP contribution in [-0.2, 0) is 19.5 Å². The summed E-state index contributed by atoms with van der Waals surface area (Å²) in [4.78, 5) is 11.7. The maximum Gasteiger partial charge on any atom is 0.489 e. The Bertz CT molecular complexity index is 1290. The second-order valence-electron chi connectivity index (χ2n) is 7.98. The number of rotatable bonds is 5. The van der Waals surface area contributed by atoms with Crippen molar-refractivity contribution in [3.63, 3.8) is 0 Å². The van der Waals surface area contributed by atoms with Crippen LogP contribution in [0.25, 0.3) is 16.9 Å². The van der Waals surface area contributed by atoms with Crippen molar-refractivity contribution in [3.8, 4) is 5.95 Å². The van der Waals surface area contributed by atoms with Crippen LogP contribution in [0.5, 0.6) is 0 Å². The zero-order valence-electron chi connectivity index (χ0n) is 17.5. The molecule has 0 saturated carbocycles. The lowest BCUT2D eigenvalue weighted by Crippen LogP contribution is -2.30. The average molecular weight is 432 g/mol. The van der Waals surface area contributed by atoms with Crippen LogP contribution in [0.4, 0.5) is 10.2 Å². The highest BCUT2D eigenvalue weighted by atomic mass is 19.1. The summed E-state index contributed by atoms with van der Waals surface area (Å²) in [7, 11) is 0.454. The van der Waals surface area contributed by atoms with Gasteiger partial charge in [-0.1, -0.05) is 24.3 Å². The van der Waals surface area contributed by atoms with Crippen LogP contribution >= 0.6 is 0 Å². The van der Waals surface area contributed by atoms with E-state index in [1.165, 1.54) is 12.1 Å². The van der Waals surface area contributed by atoms with Crippen molar-refractivity contribution < 1.29 is 14.4 Å². The molecule has 4 aromatic rings. The molecule has 10 heteroatoms. The number of aromatic nitrogens is 4. The molecule has 0 bridgehead atoms. The average Bonchev–Trinajstić information content (AvgIpc) is 3.21. The van der Waals surface area contributed by atoms with Crippen LogP contribution in [0.3, 0.4) is 0 Å². The lowest BCUT2D eigenvalue weighted by atomic mass is 9.78. The fourth-order valence-corrected chi connectivity index (χ4v) is 4.07. The minimum absolute atomic E-state index is 0.278. The summed E-state index contributed by atoms with van der Waals surface area (Å²) in [5.74, 6) is 0.803. The Labute approximate surface area is 184 Å². The molecule has 0 atom stereocenters. The van der Waals surface area contributed by atoms with E-state index in [0.29, 0.717) is 41.2 Å². The Morgan fingerprint density at radius 1 is 1.16 bits per heavy atom. The largest absolute Gasteiger partial charge is 0.489 e. The first-order valence-corrected chi connectivity index (χ1v) is 10.4. The molecule has 3 N–H and O–H groups in total. The number of hydrogen-bond acceptors (Lipinski definition) is 7. The summed E-state index contributed by atoms with van der Waals surface area (Å²) in [5, 5.41) is 27.7. The SMILES string of the molecule is CN1CCc2nc(-n3ncc4c(B(O)O)cccc43)nc(NCc3cccc(F)c3)c2C1. The van der Waals surface area contributed by atoms with Gasteiger partial charge >= 0.3 is 7.12 Å². The Hall–Kier alpha value is -3.34. The second kappa shape index (κ2) is 8.31. The summed E-state index contributed by atoms with van der Waals surface area (Å²) in [6.07, 6.45) is 2.36. The Kier molecular flexibility index (Phi) is 5.34. The predicted molar refractivity (Wildman–Crippen MR) is 120 cm³/mol. The van der Waals surface area contributed by atoms with Gasteiger partial charge in [0.2, 0.25) is 0 Å². The molecule has 2 aromatic heterocycles. The lowest BCUT2D eigenvalue weighted by Gasteiger charge is -2.26. The third-order valence-electron chi connectivity index (χ3n) is 5.70. The van der Waals surface area contributed by atoms with Crippen LogP contribution in [0.1, 0.15) is 16.8 Å². The van der Waals surface area contributed by atoms with E-state index in [-0.39, 0.29) is 5.82 Å². The molecular formula is C22H22BFN6O2. The summed E-state index contributed by atoms with van der Waals surface area (Å²) in [5.41, 5.74) is 3.82. The van der Waals surface area contributed by atoms with Crippen molar-refractivity contribution in [2.75, 3.05) is 18.9 Å². The minimum atomic E-state index is -1.60. The van der Waals surface area contributed by atoms with E-state index in [9.17, 15) is 14.4 Å². The molecule has 0 aliphatic carbocycles. The van der Waals surface area contributed by atoms with Gasteiger partial charge < -0.3 is 20.3 Å². The van der Waals surface area contributed by atoms with E-state index in [4.69, 9.17) is 9.97 Å². The molecule has 0 fully saturated rings. The fourth-order valence-electron chi connectivity index (χ4n) is 4.07. The maximum absolute atomic E-state index is 13.6. The molecule has 1 aliphatic heterocycles. The first kappa shape index (κ1) is 20.6. The maximum atomic E-state index is 13.6. The summed E-state index contributed by atoms with van der Waals surface area (Å²) < 4.78 is 15.2. The first-order chi connectivity index (χ1) is 15.5. The number of fused-ring (bicyclic) bond motifs is 2. The van der Waals surface area contributed by atoms with E-state index < -0.39 is 7.12 Å². The molecule has 0 unspecified atom stereocenters. The van der Waals surface area contributed by atoms with Crippen molar-refractivity contribution in [1.29, 1.82) is 0 Å². The molecule has 5 rings (SSSR count). The van der Waals surface area contributed by atoms with Crippen molar-refractivity contribution in [2.24, 2.45) is 0 Å². The third kappa shape index (κ3) is 3.84. The van der Waals surface area contributed by atoms with Crippen LogP contribution in [0, 0.1) is 5.82 Å². The summed E-state index contributed by atoms with van der Waals surface area (Å²) >= 11 is 0. The van der Waals surface area contributed by atoms with E-state index in [1.807, 2.05) is 12.1 Å². The number of nitrogens with zero attached hydrogens (tertiary/aromatic N) is 5.